The maximum Gasteiger partial charge on any atom is 0.256 e. The number of hydrogen-bond donors (Lipinski definition) is 2. The molecule has 2 amide bonds. The molecule has 0 radical (unpaired) electrons. The molecule has 7 heteroatoms. The highest BCUT2D eigenvalue weighted by molar-refractivity contribution is 6.08. The Morgan fingerprint density at radius 3 is 1.94 bits per heavy atom. The van der Waals surface area contributed by atoms with Gasteiger partial charge in [-0.2, -0.15) is 0 Å². The molecule has 0 spiro atoms. The molecule has 3 aromatic rings. The molecule has 0 aromatic heterocycles. The van der Waals surface area contributed by atoms with E-state index in [1.54, 1.807) is 56.3 Å². The molecule has 0 aliphatic rings. The molecular weight excluding hydrogens is 411 g/mol. The SMILES string of the molecule is CCOc1cc(NC(=O)c2cc(F)ccc2C)c(OCC)cc1NC(=O)c1ccccc1. The van der Waals surface area contributed by atoms with Gasteiger partial charge in [-0.15, -0.1) is 0 Å². The van der Waals surface area contributed by atoms with Crippen LogP contribution in [-0.4, -0.2) is 25.0 Å². The summed E-state index contributed by atoms with van der Waals surface area (Å²) < 4.78 is 25.0. The topological polar surface area (TPSA) is 76.7 Å². The number of benzene rings is 3. The van der Waals surface area contributed by atoms with E-state index >= 15 is 0 Å². The quantitative estimate of drug-likeness (QED) is 0.493. The third-order valence-corrected chi connectivity index (χ3v) is 4.66. The lowest BCUT2D eigenvalue weighted by Crippen LogP contribution is -2.16. The Labute approximate surface area is 186 Å². The highest BCUT2D eigenvalue weighted by atomic mass is 19.1. The average molecular weight is 436 g/mol. The van der Waals surface area contributed by atoms with E-state index in [1.165, 1.54) is 12.1 Å². The van der Waals surface area contributed by atoms with E-state index in [4.69, 9.17) is 9.47 Å². The zero-order valence-corrected chi connectivity index (χ0v) is 18.2. The van der Waals surface area contributed by atoms with E-state index in [2.05, 4.69) is 10.6 Å². The molecule has 0 saturated carbocycles. The van der Waals surface area contributed by atoms with Gasteiger partial charge in [-0.05, 0) is 50.6 Å². The average Bonchev–Trinajstić information content (AvgIpc) is 2.78. The van der Waals surface area contributed by atoms with Gasteiger partial charge in [0.1, 0.15) is 17.3 Å². The summed E-state index contributed by atoms with van der Waals surface area (Å²) in [4.78, 5) is 25.5. The second-order valence-corrected chi connectivity index (χ2v) is 6.94. The number of amides is 2. The lowest BCUT2D eigenvalue weighted by molar-refractivity contribution is 0.101. The second kappa shape index (κ2) is 10.4. The summed E-state index contributed by atoms with van der Waals surface area (Å²) in [6, 6.07) is 16.0. The fourth-order valence-electron chi connectivity index (χ4n) is 3.12. The summed E-state index contributed by atoms with van der Waals surface area (Å²) in [6.07, 6.45) is 0. The highest BCUT2D eigenvalue weighted by Gasteiger charge is 2.18. The summed E-state index contributed by atoms with van der Waals surface area (Å²) in [5.74, 6) is -0.569. The minimum absolute atomic E-state index is 0.215. The van der Waals surface area contributed by atoms with Crippen LogP contribution in [0.4, 0.5) is 15.8 Å². The summed E-state index contributed by atoms with van der Waals surface area (Å²) in [5.41, 5.74) is 2.10. The zero-order chi connectivity index (χ0) is 23.1. The van der Waals surface area contributed by atoms with Crippen molar-refractivity contribution in [2.45, 2.75) is 20.8 Å². The Kier molecular flexibility index (Phi) is 7.44. The molecule has 0 fully saturated rings. The largest absolute Gasteiger partial charge is 0.492 e. The van der Waals surface area contributed by atoms with E-state index in [-0.39, 0.29) is 11.5 Å². The van der Waals surface area contributed by atoms with Gasteiger partial charge >= 0.3 is 0 Å². The molecule has 6 nitrogen and oxygen atoms in total. The molecule has 0 aliphatic heterocycles. The first-order valence-corrected chi connectivity index (χ1v) is 10.3. The van der Waals surface area contributed by atoms with Crippen molar-refractivity contribution in [2.75, 3.05) is 23.8 Å². The monoisotopic (exact) mass is 436 g/mol. The second-order valence-electron chi connectivity index (χ2n) is 6.94. The molecule has 0 bridgehead atoms. The van der Waals surface area contributed by atoms with E-state index in [0.29, 0.717) is 47.2 Å². The van der Waals surface area contributed by atoms with Crippen LogP contribution in [-0.2, 0) is 0 Å². The predicted octanol–water partition coefficient (Wildman–Crippen LogP) is 5.44. The Morgan fingerprint density at radius 2 is 1.38 bits per heavy atom. The standard InChI is InChI=1S/C25H25FN2O4/c1-4-31-22-15-21(28-25(30)19-13-18(26)12-11-16(19)3)23(32-5-2)14-20(22)27-24(29)17-9-7-6-8-10-17/h6-15H,4-5H2,1-3H3,(H,27,29)(H,28,30). The Morgan fingerprint density at radius 1 is 0.812 bits per heavy atom. The van der Waals surface area contributed by atoms with Crippen molar-refractivity contribution < 1.29 is 23.5 Å². The normalized spacial score (nSPS) is 10.4. The zero-order valence-electron chi connectivity index (χ0n) is 18.2. The van der Waals surface area contributed by atoms with E-state index in [1.807, 2.05) is 13.0 Å². The maximum atomic E-state index is 13.7. The Balaban J connectivity index is 1.95. The van der Waals surface area contributed by atoms with Crippen molar-refractivity contribution in [1.29, 1.82) is 0 Å². The van der Waals surface area contributed by atoms with Crippen LogP contribution in [0.15, 0.2) is 60.7 Å². The van der Waals surface area contributed by atoms with Gasteiger partial charge in [0, 0.05) is 23.3 Å². The first kappa shape index (κ1) is 22.8. The Hall–Kier alpha value is -3.87. The van der Waals surface area contributed by atoms with Crippen molar-refractivity contribution in [1.82, 2.24) is 0 Å². The van der Waals surface area contributed by atoms with Gasteiger partial charge < -0.3 is 20.1 Å². The van der Waals surface area contributed by atoms with Crippen LogP contribution in [0, 0.1) is 12.7 Å². The van der Waals surface area contributed by atoms with Crippen molar-refractivity contribution in [3.05, 3.63) is 83.2 Å². The fraction of sp³-hybridized carbons (Fsp3) is 0.200. The predicted molar refractivity (Wildman–Crippen MR) is 122 cm³/mol. The number of halogens is 1. The molecule has 0 atom stereocenters. The summed E-state index contributed by atoms with van der Waals surface area (Å²) in [5, 5.41) is 5.60. The molecule has 2 N–H and O–H groups in total. The maximum absolute atomic E-state index is 13.7. The summed E-state index contributed by atoms with van der Waals surface area (Å²) in [7, 11) is 0. The van der Waals surface area contributed by atoms with E-state index in [9.17, 15) is 14.0 Å². The van der Waals surface area contributed by atoms with Gasteiger partial charge in [-0.25, -0.2) is 4.39 Å². The van der Waals surface area contributed by atoms with Crippen LogP contribution in [0.2, 0.25) is 0 Å². The molecule has 0 heterocycles. The van der Waals surface area contributed by atoms with Crippen LogP contribution in [0.3, 0.4) is 0 Å². The van der Waals surface area contributed by atoms with Crippen molar-refractivity contribution >= 4 is 23.2 Å². The number of hydrogen-bond acceptors (Lipinski definition) is 4. The van der Waals surface area contributed by atoms with Gasteiger partial charge in [0.05, 0.1) is 24.6 Å². The van der Waals surface area contributed by atoms with Crippen molar-refractivity contribution in [3.63, 3.8) is 0 Å². The lowest BCUT2D eigenvalue weighted by atomic mass is 10.1. The number of carbonyl (C=O) groups excluding carboxylic acids is 2. The molecule has 32 heavy (non-hydrogen) atoms. The number of rotatable bonds is 8. The minimum Gasteiger partial charge on any atom is -0.492 e. The van der Waals surface area contributed by atoms with Crippen LogP contribution in [0.1, 0.15) is 40.1 Å². The summed E-state index contributed by atoms with van der Waals surface area (Å²) in [6.45, 7) is 6.03. The number of anilines is 2. The summed E-state index contributed by atoms with van der Waals surface area (Å²) >= 11 is 0. The number of ether oxygens (including phenoxy) is 2. The molecular formula is C25H25FN2O4. The number of carbonyl (C=O) groups is 2. The lowest BCUT2D eigenvalue weighted by Gasteiger charge is -2.18. The third kappa shape index (κ3) is 5.43. The number of aryl methyl sites for hydroxylation is 1. The minimum atomic E-state index is -0.500. The number of nitrogens with one attached hydrogen (secondary N) is 2. The first-order valence-electron chi connectivity index (χ1n) is 10.3. The van der Waals surface area contributed by atoms with Gasteiger partial charge in [-0.3, -0.25) is 9.59 Å². The molecule has 0 aliphatic carbocycles. The van der Waals surface area contributed by atoms with Gasteiger partial charge in [0.2, 0.25) is 0 Å². The van der Waals surface area contributed by atoms with E-state index in [0.717, 1.165) is 0 Å². The van der Waals surface area contributed by atoms with Crippen LogP contribution < -0.4 is 20.1 Å². The van der Waals surface area contributed by atoms with Crippen molar-refractivity contribution in [2.24, 2.45) is 0 Å². The molecule has 166 valence electrons. The molecule has 0 saturated heterocycles. The molecule has 3 aromatic carbocycles. The molecule has 0 unspecified atom stereocenters. The van der Waals surface area contributed by atoms with Gasteiger partial charge in [0.25, 0.3) is 11.8 Å². The van der Waals surface area contributed by atoms with Crippen LogP contribution >= 0.6 is 0 Å². The molecule has 3 rings (SSSR count). The Bertz CT molecular complexity index is 1120. The van der Waals surface area contributed by atoms with Gasteiger partial charge in [0.15, 0.2) is 0 Å². The van der Waals surface area contributed by atoms with E-state index < -0.39 is 11.7 Å². The van der Waals surface area contributed by atoms with Crippen LogP contribution in [0.25, 0.3) is 0 Å². The first-order chi connectivity index (χ1) is 15.4. The van der Waals surface area contributed by atoms with Crippen molar-refractivity contribution in [3.8, 4) is 11.5 Å². The fourth-order valence-corrected chi connectivity index (χ4v) is 3.12. The third-order valence-electron chi connectivity index (χ3n) is 4.66. The smallest absolute Gasteiger partial charge is 0.256 e. The van der Waals surface area contributed by atoms with Crippen LogP contribution in [0.5, 0.6) is 11.5 Å². The van der Waals surface area contributed by atoms with Gasteiger partial charge in [-0.1, -0.05) is 24.3 Å². The highest BCUT2D eigenvalue weighted by Crippen LogP contribution is 2.37.